The Labute approximate surface area is 175 Å². The van der Waals surface area contributed by atoms with E-state index >= 15 is 0 Å². The number of hydrogen-bond donors (Lipinski definition) is 0. The normalized spacial score (nSPS) is 12.2. The van der Waals surface area contributed by atoms with E-state index in [1.165, 1.54) is 57.7 Å². The molecule has 0 amide bonds. The molecule has 0 aliphatic carbocycles. The van der Waals surface area contributed by atoms with Crippen molar-refractivity contribution < 1.29 is 26.4 Å². The summed E-state index contributed by atoms with van der Waals surface area (Å²) in [6.07, 6.45) is -1.88. The molecular weight excluding hydrogens is 408 g/mol. The van der Waals surface area contributed by atoms with E-state index in [2.05, 4.69) is 0 Å². The van der Waals surface area contributed by atoms with Gasteiger partial charge in [-0.25, -0.2) is 13.2 Å². The first-order valence-corrected chi connectivity index (χ1v) is 11.4. The predicted molar refractivity (Wildman–Crippen MR) is 115 cm³/mol. The maximum atomic E-state index is 13.8. The van der Waals surface area contributed by atoms with Crippen LogP contribution < -0.4 is 16.4 Å². The molecule has 3 nitrogen and oxygen atoms in total. The minimum atomic E-state index is -3.20. The standard InChI is InChI=1S/C22H23BF3O3Si/c1-27-30(28-2,29-3)16-23(17-4-10-20(24)11-5-17,18-6-12-21(25)13-7-18)19-8-14-22(26)15-9-19/h4-15H,16H2,1-3H3/q-1. The summed E-state index contributed by atoms with van der Waals surface area (Å²) in [5.74, 6) is -0.847. The topological polar surface area (TPSA) is 27.7 Å². The van der Waals surface area contributed by atoms with Crippen molar-refractivity contribution in [2.45, 2.75) is 5.94 Å². The van der Waals surface area contributed by atoms with Crippen LogP contribution in [0.2, 0.25) is 5.94 Å². The molecule has 3 aromatic carbocycles. The molecule has 0 aromatic heterocycles. The van der Waals surface area contributed by atoms with E-state index in [1.807, 2.05) is 0 Å². The fourth-order valence-electron chi connectivity index (χ4n) is 4.18. The Kier molecular flexibility index (Phi) is 6.82. The third-order valence-corrected chi connectivity index (χ3v) is 8.78. The first-order chi connectivity index (χ1) is 14.4. The van der Waals surface area contributed by atoms with E-state index in [-0.39, 0.29) is 17.5 Å². The van der Waals surface area contributed by atoms with Crippen molar-refractivity contribution in [1.82, 2.24) is 0 Å². The molecule has 0 aliphatic heterocycles. The van der Waals surface area contributed by atoms with Gasteiger partial charge in [-0.05, 0) is 36.4 Å². The Morgan fingerprint density at radius 3 is 1.07 bits per heavy atom. The molecule has 0 saturated carbocycles. The Hall–Kier alpha value is -2.39. The molecular formula is C22H23BF3O3Si-. The predicted octanol–water partition coefficient (Wildman–Crippen LogP) is 2.99. The van der Waals surface area contributed by atoms with Gasteiger partial charge in [0.2, 0.25) is 0 Å². The van der Waals surface area contributed by atoms with Crippen molar-refractivity contribution in [3.63, 3.8) is 0 Å². The molecule has 0 spiro atoms. The number of benzene rings is 3. The zero-order valence-electron chi connectivity index (χ0n) is 17.1. The maximum absolute atomic E-state index is 13.8. The highest BCUT2D eigenvalue weighted by Gasteiger charge is 2.45. The molecule has 158 valence electrons. The lowest BCUT2D eigenvalue weighted by Crippen LogP contribution is -2.71. The monoisotopic (exact) mass is 431 g/mol. The van der Waals surface area contributed by atoms with Crippen molar-refractivity contribution >= 4 is 31.3 Å². The van der Waals surface area contributed by atoms with Crippen LogP contribution >= 0.6 is 0 Å². The lowest BCUT2D eigenvalue weighted by atomic mass is 9.17. The largest absolute Gasteiger partial charge is 0.464 e. The van der Waals surface area contributed by atoms with Gasteiger partial charge >= 0.3 is 8.80 Å². The Morgan fingerprint density at radius 1 is 0.567 bits per heavy atom. The Balaban J connectivity index is 2.36. The number of hydrogen-bond acceptors (Lipinski definition) is 3. The van der Waals surface area contributed by atoms with Crippen molar-refractivity contribution in [2.24, 2.45) is 0 Å². The lowest BCUT2D eigenvalue weighted by Gasteiger charge is -2.46. The summed E-state index contributed by atoms with van der Waals surface area (Å²) >= 11 is 0. The summed E-state index contributed by atoms with van der Waals surface area (Å²) < 4.78 is 58.4. The van der Waals surface area contributed by atoms with E-state index in [0.29, 0.717) is 5.94 Å². The molecule has 3 rings (SSSR count). The van der Waals surface area contributed by atoms with Crippen molar-refractivity contribution in [3.8, 4) is 0 Å². The van der Waals surface area contributed by atoms with E-state index in [1.54, 1.807) is 36.4 Å². The van der Waals surface area contributed by atoms with Crippen molar-refractivity contribution in [1.29, 1.82) is 0 Å². The summed E-state index contributed by atoms with van der Waals surface area (Å²) in [5.41, 5.74) is 2.33. The molecule has 0 aliphatic rings. The van der Waals surface area contributed by atoms with Gasteiger partial charge in [-0.3, -0.25) is 0 Å². The third-order valence-electron chi connectivity index (χ3n) is 5.81. The van der Waals surface area contributed by atoms with Gasteiger partial charge in [-0.1, -0.05) is 42.3 Å². The highest BCUT2D eigenvalue weighted by molar-refractivity contribution is 7.15. The van der Waals surface area contributed by atoms with E-state index < -0.39 is 15.0 Å². The minimum Gasteiger partial charge on any atom is -0.379 e. The van der Waals surface area contributed by atoms with Crippen molar-refractivity contribution in [2.75, 3.05) is 21.3 Å². The first-order valence-electron chi connectivity index (χ1n) is 9.50. The summed E-state index contributed by atoms with van der Waals surface area (Å²) in [4.78, 5) is 0. The zero-order valence-corrected chi connectivity index (χ0v) is 18.1. The molecule has 8 heteroatoms. The summed E-state index contributed by atoms with van der Waals surface area (Å²) in [7, 11) is 1.35. The second-order valence-electron chi connectivity index (χ2n) is 7.20. The van der Waals surface area contributed by atoms with Crippen LogP contribution in [-0.4, -0.2) is 36.3 Å². The van der Waals surface area contributed by atoms with E-state index in [4.69, 9.17) is 13.3 Å². The SMILES string of the molecule is CO[Si](C[B-](c1ccc(F)cc1)(c1ccc(F)cc1)c1ccc(F)cc1)(OC)OC. The molecule has 0 fully saturated rings. The van der Waals surface area contributed by atoms with E-state index in [9.17, 15) is 13.2 Å². The van der Waals surface area contributed by atoms with Crippen LogP contribution in [0.5, 0.6) is 0 Å². The van der Waals surface area contributed by atoms with Crippen LogP contribution in [-0.2, 0) is 13.3 Å². The second-order valence-corrected chi connectivity index (χ2v) is 10.2. The summed E-state index contributed by atoms with van der Waals surface area (Å²) in [6, 6.07) is 18.3. The number of rotatable bonds is 8. The maximum Gasteiger partial charge on any atom is 0.464 e. The third kappa shape index (κ3) is 4.22. The van der Waals surface area contributed by atoms with Crippen LogP contribution in [0.15, 0.2) is 72.8 Å². The molecule has 0 atom stereocenters. The van der Waals surface area contributed by atoms with Gasteiger partial charge in [0.15, 0.2) is 0 Å². The molecule has 30 heavy (non-hydrogen) atoms. The molecule has 0 N–H and O–H groups in total. The highest BCUT2D eigenvalue weighted by Crippen LogP contribution is 2.23. The van der Waals surface area contributed by atoms with Crippen LogP contribution in [0.4, 0.5) is 13.2 Å². The first kappa shape index (κ1) is 22.3. The molecule has 0 unspecified atom stereocenters. The fourth-order valence-corrected chi connectivity index (χ4v) is 6.64. The molecule has 0 bridgehead atoms. The van der Waals surface area contributed by atoms with Gasteiger partial charge in [-0.2, -0.15) is 16.4 Å². The Bertz CT molecular complexity index is 843. The van der Waals surface area contributed by atoms with Gasteiger partial charge in [0.05, 0.1) is 6.15 Å². The quantitative estimate of drug-likeness (QED) is 0.514. The van der Waals surface area contributed by atoms with E-state index in [0.717, 1.165) is 16.4 Å². The van der Waals surface area contributed by atoms with Crippen LogP contribution in [0.1, 0.15) is 0 Å². The smallest absolute Gasteiger partial charge is 0.379 e. The van der Waals surface area contributed by atoms with Gasteiger partial charge in [0.1, 0.15) is 17.5 Å². The summed E-state index contributed by atoms with van der Waals surface area (Å²) in [6.45, 7) is 0. The second kappa shape index (κ2) is 9.18. The summed E-state index contributed by atoms with van der Waals surface area (Å²) in [5, 5.41) is 0. The molecule has 0 heterocycles. The zero-order chi connectivity index (χ0) is 21.8. The lowest BCUT2D eigenvalue weighted by molar-refractivity contribution is 0.129. The average molecular weight is 431 g/mol. The Morgan fingerprint density at radius 2 is 0.833 bits per heavy atom. The van der Waals surface area contributed by atoms with Crippen LogP contribution in [0, 0.1) is 17.5 Å². The van der Waals surface area contributed by atoms with Crippen LogP contribution in [0.3, 0.4) is 0 Å². The minimum absolute atomic E-state index is 0.291. The number of halogens is 3. The van der Waals surface area contributed by atoms with Gasteiger partial charge in [-0.15, -0.1) is 0 Å². The van der Waals surface area contributed by atoms with Crippen LogP contribution in [0.25, 0.3) is 0 Å². The molecule has 0 radical (unpaired) electrons. The molecule has 3 aromatic rings. The van der Waals surface area contributed by atoms with Gasteiger partial charge in [0, 0.05) is 21.3 Å². The van der Waals surface area contributed by atoms with Gasteiger partial charge < -0.3 is 13.3 Å². The van der Waals surface area contributed by atoms with Gasteiger partial charge in [0.25, 0.3) is 0 Å². The fraction of sp³-hybridized carbons (Fsp3) is 0.182. The average Bonchev–Trinajstić information content (AvgIpc) is 2.77. The van der Waals surface area contributed by atoms with Crippen molar-refractivity contribution in [3.05, 3.63) is 90.2 Å². The molecule has 0 saturated heterocycles. The highest BCUT2D eigenvalue weighted by atomic mass is 28.4.